The van der Waals surface area contributed by atoms with Crippen LogP contribution in [0.25, 0.3) is 0 Å². The number of amides is 2. The molecule has 1 saturated carbocycles. The van der Waals surface area contributed by atoms with Crippen molar-refractivity contribution in [1.82, 2.24) is 10.2 Å². The van der Waals surface area contributed by atoms with E-state index in [2.05, 4.69) is 5.32 Å². The molecule has 0 aromatic heterocycles. The summed E-state index contributed by atoms with van der Waals surface area (Å²) in [5, 5.41) is 11.4. The van der Waals surface area contributed by atoms with Gasteiger partial charge in [0, 0.05) is 13.1 Å². The SMILES string of the molecule is CC1(C(=O)NCCC#N)CCN1C(=O)C1(c2ccccc2)CCCC1. The van der Waals surface area contributed by atoms with Crippen LogP contribution in [0.1, 0.15) is 51.0 Å². The van der Waals surface area contributed by atoms with Crippen LogP contribution >= 0.6 is 0 Å². The summed E-state index contributed by atoms with van der Waals surface area (Å²) in [7, 11) is 0. The first-order chi connectivity index (χ1) is 12.0. The minimum atomic E-state index is -0.795. The molecule has 1 unspecified atom stereocenters. The lowest BCUT2D eigenvalue weighted by atomic mass is 9.74. The highest BCUT2D eigenvalue weighted by atomic mass is 16.2. The van der Waals surface area contributed by atoms with E-state index >= 15 is 0 Å². The van der Waals surface area contributed by atoms with Gasteiger partial charge in [0.25, 0.3) is 0 Å². The Kier molecular flexibility index (Phi) is 4.80. The number of nitrogens with zero attached hydrogens (tertiary/aromatic N) is 2. The quantitative estimate of drug-likeness (QED) is 0.838. The molecule has 25 heavy (non-hydrogen) atoms. The first-order valence-electron chi connectivity index (χ1n) is 9.07. The Labute approximate surface area is 149 Å². The maximum atomic E-state index is 13.5. The molecule has 1 aliphatic carbocycles. The molecule has 1 aliphatic heterocycles. The molecule has 132 valence electrons. The van der Waals surface area contributed by atoms with Crippen molar-refractivity contribution in [2.75, 3.05) is 13.1 Å². The summed E-state index contributed by atoms with van der Waals surface area (Å²) in [6, 6.07) is 12.0. The van der Waals surface area contributed by atoms with Gasteiger partial charge in [-0.15, -0.1) is 0 Å². The second kappa shape index (κ2) is 6.87. The van der Waals surface area contributed by atoms with E-state index in [1.807, 2.05) is 43.3 Å². The van der Waals surface area contributed by atoms with Gasteiger partial charge < -0.3 is 10.2 Å². The van der Waals surface area contributed by atoms with E-state index in [1.54, 1.807) is 4.90 Å². The third-order valence-electron chi connectivity index (χ3n) is 5.87. The Balaban J connectivity index is 1.81. The molecule has 2 fully saturated rings. The monoisotopic (exact) mass is 339 g/mol. The number of benzene rings is 1. The van der Waals surface area contributed by atoms with Gasteiger partial charge in [-0.25, -0.2) is 0 Å². The zero-order valence-corrected chi connectivity index (χ0v) is 14.8. The van der Waals surface area contributed by atoms with Crippen LogP contribution in [0.4, 0.5) is 0 Å². The fraction of sp³-hybridized carbons (Fsp3) is 0.550. The van der Waals surface area contributed by atoms with Crippen LogP contribution in [0.15, 0.2) is 30.3 Å². The van der Waals surface area contributed by atoms with Crippen LogP contribution in [-0.2, 0) is 15.0 Å². The Morgan fingerprint density at radius 1 is 1.20 bits per heavy atom. The summed E-state index contributed by atoms with van der Waals surface area (Å²) in [5.41, 5.74) is -0.219. The third-order valence-corrected chi connectivity index (χ3v) is 5.87. The lowest BCUT2D eigenvalue weighted by molar-refractivity contribution is -0.161. The predicted molar refractivity (Wildman–Crippen MR) is 94.6 cm³/mol. The van der Waals surface area contributed by atoms with Gasteiger partial charge in [0.15, 0.2) is 0 Å². The van der Waals surface area contributed by atoms with Gasteiger partial charge in [0.2, 0.25) is 11.8 Å². The van der Waals surface area contributed by atoms with E-state index in [4.69, 9.17) is 5.26 Å². The molecule has 1 aromatic rings. The highest BCUT2D eigenvalue weighted by Crippen LogP contribution is 2.45. The zero-order valence-electron chi connectivity index (χ0n) is 14.8. The highest BCUT2D eigenvalue weighted by molar-refractivity contribution is 5.97. The summed E-state index contributed by atoms with van der Waals surface area (Å²) in [4.78, 5) is 27.8. The van der Waals surface area contributed by atoms with Gasteiger partial charge in [-0.2, -0.15) is 5.26 Å². The van der Waals surface area contributed by atoms with Crippen molar-refractivity contribution in [3.05, 3.63) is 35.9 Å². The normalized spacial score (nSPS) is 24.2. The van der Waals surface area contributed by atoms with Crippen molar-refractivity contribution in [2.24, 2.45) is 0 Å². The Morgan fingerprint density at radius 2 is 1.88 bits per heavy atom. The van der Waals surface area contributed by atoms with Crippen LogP contribution in [0.5, 0.6) is 0 Å². The molecule has 0 radical (unpaired) electrons. The smallest absolute Gasteiger partial charge is 0.245 e. The number of nitrogens with one attached hydrogen (secondary N) is 1. The number of rotatable bonds is 5. The molecule has 1 heterocycles. The van der Waals surface area contributed by atoms with Gasteiger partial charge in [0.1, 0.15) is 5.54 Å². The summed E-state index contributed by atoms with van der Waals surface area (Å²) in [5.74, 6) is -0.0658. The minimum Gasteiger partial charge on any atom is -0.353 e. The van der Waals surface area contributed by atoms with Crippen LogP contribution in [0.2, 0.25) is 0 Å². The average molecular weight is 339 g/mol. The predicted octanol–water partition coefficient (Wildman–Crippen LogP) is 2.52. The number of hydrogen-bond acceptors (Lipinski definition) is 3. The topological polar surface area (TPSA) is 73.2 Å². The van der Waals surface area contributed by atoms with E-state index in [0.717, 1.165) is 31.2 Å². The van der Waals surface area contributed by atoms with Crippen molar-refractivity contribution in [2.45, 2.75) is 56.4 Å². The van der Waals surface area contributed by atoms with E-state index in [0.29, 0.717) is 19.5 Å². The lowest BCUT2D eigenvalue weighted by Crippen LogP contribution is -2.70. The third kappa shape index (κ3) is 2.90. The zero-order chi connectivity index (χ0) is 17.9. The first-order valence-corrected chi connectivity index (χ1v) is 9.07. The molecular weight excluding hydrogens is 314 g/mol. The minimum absolute atomic E-state index is 0.0837. The van der Waals surface area contributed by atoms with Crippen LogP contribution in [0, 0.1) is 11.3 Å². The van der Waals surface area contributed by atoms with E-state index in [-0.39, 0.29) is 18.2 Å². The fourth-order valence-corrected chi connectivity index (χ4v) is 4.16. The molecule has 1 N–H and O–H groups in total. The molecule has 1 saturated heterocycles. The Morgan fingerprint density at radius 3 is 2.44 bits per heavy atom. The van der Waals surface area contributed by atoms with Gasteiger partial charge >= 0.3 is 0 Å². The Hall–Kier alpha value is -2.35. The summed E-state index contributed by atoms with van der Waals surface area (Å²) in [6.07, 6.45) is 4.72. The van der Waals surface area contributed by atoms with Gasteiger partial charge in [-0.3, -0.25) is 9.59 Å². The van der Waals surface area contributed by atoms with Crippen LogP contribution in [-0.4, -0.2) is 35.3 Å². The molecule has 1 atom stereocenters. The summed E-state index contributed by atoms with van der Waals surface area (Å²) < 4.78 is 0. The number of carbonyl (C=O) groups excluding carboxylic acids is 2. The van der Waals surface area contributed by atoms with Crippen LogP contribution < -0.4 is 5.32 Å². The van der Waals surface area contributed by atoms with E-state index < -0.39 is 11.0 Å². The first kappa shape index (κ1) is 17.5. The molecule has 0 bridgehead atoms. The maximum Gasteiger partial charge on any atom is 0.245 e. The van der Waals surface area contributed by atoms with E-state index in [1.165, 1.54) is 0 Å². The Bertz CT molecular complexity index is 689. The number of nitriles is 1. The van der Waals surface area contributed by atoms with Gasteiger partial charge in [-0.05, 0) is 31.7 Å². The highest BCUT2D eigenvalue weighted by Gasteiger charge is 2.55. The second-order valence-electron chi connectivity index (χ2n) is 7.30. The molecule has 1 aromatic carbocycles. The molecule has 5 nitrogen and oxygen atoms in total. The summed E-state index contributed by atoms with van der Waals surface area (Å²) in [6.45, 7) is 2.79. The molecule has 0 spiro atoms. The molecular formula is C20H25N3O2. The lowest BCUT2D eigenvalue weighted by Gasteiger charge is -2.52. The number of carbonyl (C=O) groups is 2. The van der Waals surface area contributed by atoms with Crippen molar-refractivity contribution < 1.29 is 9.59 Å². The summed E-state index contributed by atoms with van der Waals surface area (Å²) >= 11 is 0. The van der Waals surface area contributed by atoms with Crippen molar-refractivity contribution in [1.29, 1.82) is 5.26 Å². The number of likely N-dealkylation sites (tertiary alicyclic amines) is 1. The average Bonchev–Trinajstić information content (AvgIpc) is 3.12. The van der Waals surface area contributed by atoms with Crippen molar-refractivity contribution in [3.63, 3.8) is 0 Å². The van der Waals surface area contributed by atoms with Crippen molar-refractivity contribution >= 4 is 11.8 Å². The van der Waals surface area contributed by atoms with Crippen LogP contribution in [0.3, 0.4) is 0 Å². The number of hydrogen-bond donors (Lipinski definition) is 1. The van der Waals surface area contributed by atoms with Gasteiger partial charge in [-0.1, -0.05) is 43.2 Å². The molecule has 2 amide bonds. The molecule has 5 heteroatoms. The maximum absolute atomic E-state index is 13.5. The van der Waals surface area contributed by atoms with E-state index in [9.17, 15) is 9.59 Å². The fourth-order valence-electron chi connectivity index (χ4n) is 4.16. The molecule has 3 rings (SSSR count). The second-order valence-corrected chi connectivity index (χ2v) is 7.30. The van der Waals surface area contributed by atoms with Gasteiger partial charge in [0.05, 0.1) is 17.9 Å². The largest absolute Gasteiger partial charge is 0.353 e. The molecule has 2 aliphatic rings. The van der Waals surface area contributed by atoms with Crippen molar-refractivity contribution in [3.8, 4) is 6.07 Å². The standard InChI is InChI=1S/C20H25N3O2/c1-19(17(24)22-14-7-13-21)12-15-23(19)18(25)20(10-5-6-11-20)16-8-3-2-4-9-16/h2-4,8-9H,5-7,10-12,14-15H2,1H3,(H,22,24).